The van der Waals surface area contributed by atoms with E-state index in [2.05, 4.69) is 10.3 Å². The molecule has 6 rings (SSSR count). The SMILES string of the molecule is CNC(=O)c1c(-c2ccc(C)cc2)oc2cc(N(C)S(C)(=O)=O)c(-c3ccc4ncn(-c5ccc(F)cc5)c4c3)cc12. The van der Waals surface area contributed by atoms with E-state index in [1.165, 1.54) is 23.5 Å². The number of fused-ring (bicyclic) bond motifs is 2. The fraction of sp³-hybridized carbons (Fsp3) is 0.125. The Balaban J connectivity index is 1.63. The summed E-state index contributed by atoms with van der Waals surface area (Å²) in [4.78, 5) is 17.7. The van der Waals surface area contributed by atoms with Crippen molar-refractivity contribution in [1.29, 1.82) is 0 Å². The Hall–Kier alpha value is -4.96. The van der Waals surface area contributed by atoms with Crippen molar-refractivity contribution in [2.24, 2.45) is 0 Å². The average Bonchev–Trinajstić information content (AvgIpc) is 3.57. The predicted octanol–water partition coefficient (Wildman–Crippen LogP) is 6.31. The van der Waals surface area contributed by atoms with Crippen molar-refractivity contribution in [3.63, 3.8) is 0 Å². The van der Waals surface area contributed by atoms with Crippen LogP contribution in [0.2, 0.25) is 0 Å². The highest BCUT2D eigenvalue weighted by atomic mass is 32.2. The Labute approximate surface area is 242 Å². The van der Waals surface area contributed by atoms with Crippen LogP contribution in [-0.4, -0.2) is 44.2 Å². The molecule has 42 heavy (non-hydrogen) atoms. The summed E-state index contributed by atoms with van der Waals surface area (Å²) in [6, 6.07) is 22.7. The summed E-state index contributed by atoms with van der Waals surface area (Å²) in [5, 5.41) is 3.25. The first-order chi connectivity index (χ1) is 20.0. The van der Waals surface area contributed by atoms with Crippen LogP contribution >= 0.6 is 0 Å². The lowest BCUT2D eigenvalue weighted by atomic mass is 9.98. The van der Waals surface area contributed by atoms with E-state index in [0.29, 0.717) is 44.6 Å². The number of amides is 1. The third kappa shape index (κ3) is 4.69. The Bertz CT molecular complexity index is 2100. The summed E-state index contributed by atoms with van der Waals surface area (Å²) in [6.45, 7) is 1.97. The van der Waals surface area contributed by atoms with Crippen molar-refractivity contribution >= 4 is 43.6 Å². The highest BCUT2D eigenvalue weighted by Crippen LogP contribution is 2.42. The molecule has 0 aliphatic carbocycles. The zero-order valence-electron chi connectivity index (χ0n) is 23.3. The molecule has 2 aromatic heterocycles. The van der Waals surface area contributed by atoms with Crippen molar-refractivity contribution in [2.45, 2.75) is 6.92 Å². The molecular formula is C32H27FN4O4S. The zero-order valence-corrected chi connectivity index (χ0v) is 24.2. The third-order valence-electron chi connectivity index (χ3n) is 7.37. The minimum absolute atomic E-state index is 0.329. The van der Waals surface area contributed by atoms with E-state index in [1.54, 1.807) is 37.6 Å². The van der Waals surface area contributed by atoms with Crippen LogP contribution in [-0.2, 0) is 10.0 Å². The molecular weight excluding hydrogens is 555 g/mol. The first-order valence-corrected chi connectivity index (χ1v) is 15.0. The molecule has 0 spiro atoms. The van der Waals surface area contributed by atoms with Crippen LogP contribution < -0.4 is 9.62 Å². The first-order valence-electron chi connectivity index (χ1n) is 13.1. The Morgan fingerprint density at radius 2 is 1.67 bits per heavy atom. The Morgan fingerprint density at radius 1 is 0.976 bits per heavy atom. The molecule has 0 aliphatic rings. The van der Waals surface area contributed by atoms with E-state index in [0.717, 1.165) is 28.6 Å². The maximum Gasteiger partial charge on any atom is 0.255 e. The number of halogens is 1. The summed E-state index contributed by atoms with van der Waals surface area (Å²) in [6.07, 6.45) is 2.78. The lowest BCUT2D eigenvalue weighted by Crippen LogP contribution is -2.25. The molecule has 0 saturated carbocycles. The number of benzene rings is 4. The minimum Gasteiger partial charge on any atom is -0.455 e. The molecule has 1 amide bonds. The lowest BCUT2D eigenvalue weighted by Gasteiger charge is -2.21. The molecule has 2 heterocycles. The monoisotopic (exact) mass is 582 g/mol. The number of aromatic nitrogens is 2. The summed E-state index contributed by atoms with van der Waals surface area (Å²) in [7, 11) is -0.634. The number of imidazole rings is 1. The summed E-state index contributed by atoms with van der Waals surface area (Å²) in [5.41, 5.74) is 6.32. The third-order valence-corrected chi connectivity index (χ3v) is 8.57. The van der Waals surface area contributed by atoms with Gasteiger partial charge in [-0.25, -0.2) is 17.8 Å². The van der Waals surface area contributed by atoms with Crippen molar-refractivity contribution in [3.05, 3.63) is 102 Å². The number of rotatable bonds is 6. The number of aryl methyl sites for hydroxylation is 1. The molecule has 0 bridgehead atoms. The number of carbonyl (C=O) groups excluding carboxylic acids is 1. The zero-order chi connectivity index (χ0) is 29.8. The van der Waals surface area contributed by atoms with Crippen LogP contribution in [0.15, 0.2) is 89.6 Å². The number of carbonyl (C=O) groups is 1. The van der Waals surface area contributed by atoms with Gasteiger partial charge in [0.05, 0.1) is 28.5 Å². The second kappa shape index (κ2) is 10.1. The fourth-order valence-corrected chi connectivity index (χ4v) is 5.55. The van der Waals surface area contributed by atoms with Gasteiger partial charge in [-0.2, -0.15) is 0 Å². The van der Waals surface area contributed by atoms with Crippen LogP contribution in [0.5, 0.6) is 0 Å². The number of sulfonamides is 1. The van der Waals surface area contributed by atoms with Gasteiger partial charge < -0.3 is 9.73 Å². The normalized spacial score (nSPS) is 11.7. The number of hydrogen-bond donors (Lipinski definition) is 1. The van der Waals surface area contributed by atoms with Crippen molar-refractivity contribution in [3.8, 4) is 28.1 Å². The van der Waals surface area contributed by atoms with Gasteiger partial charge in [0.1, 0.15) is 23.5 Å². The second-order valence-electron chi connectivity index (χ2n) is 10.1. The highest BCUT2D eigenvalue weighted by molar-refractivity contribution is 7.92. The molecule has 4 aromatic carbocycles. The molecule has 6 aromatic rings. The molecule has 8 nitrogen and oxygen atoms in total. The predicted molar refractivity (Wildman–Crippen MR) is 163 cm³/mol. The van der Waals surface area contributed by atoms with Crippen LogP contribution in [0.3, 0.4) is 0 Å². The molecule has 0 atom stereocenters. The number of nitrogens with zero attached hydrogens (tertiary/aromatic N) is 3. The number of nitrogens with one attached hydrogen (secondary N) is 1. The van der Waals surface area contributed by atoms with Crippen molar-refractivity contribution < 1.29 is 22.0 Å². The second-order valence-corrected chi connectivity index (χ2v) is 12.2. The number of furan rings is 1. The van der Waals surface area contributed by atoms with E-state index < -0.39 is 10.0 Å². The fourth-order valence-electron chi connectivity index (χ4n) is 5.04. The average molecular weight is 583 g/mol. The van der Waals surface area contributed by atoms with Gasteiger partial charge in [-0.1, -0.05) is 35.9 Å². The van der Waals surface area contributed by atoms with Gasteiger partial charge in [-0.15, -0.1) is 0 Å². The van der Waals surface area contributed by atoms with E-state index in [1.807, 2.05) is 54.0 Å². The van der Waals surface area contributed by atoms with Gasteiger partial charge >= 0.3 is 0 Å². The molecule has 0 saturated heterocycles. The van der Waals surface area contributed by atoms with Crippen molar-refractivity contribution in [2.75, 3.05) is 24.7 Å². The lowest BCUT2D eigenvalue weighted by molar-refractivity contribution is 0.0964. The van der Waals surface area contributed by atoms with Gasteiger partial charge in [-0.3, -0.25) is 13.7 Å². The summed E-state index contributed by atoms with van der Waals surface area (Å²) < 4.78 is 48.4. The number of anilines is 1. The smallest absolute Gasteiger partial charge is 0.255 e. The van der Waals surface area contributed by atoms with Gasteiger partial charge in [0.25, 0.3) is 5.91 Å². The van der Waals surface area contributed by atoms with E-state index >= 15 is 0 Å². The molecule has 0 radical (unpaired) electrons. The molecule has 0 aliphatic heterocycles. The van der Waals surface area contributed by atoms with Gasteiger partial charge in [0, 0.05) is 42.4 Å². The maximum absolute atomic E-state index is 13.6. The van der Waals surface area contributed by atoms with E-state index in [-0.39, 0.29) is 11.7 Å². The molecule has 1 N–H and O–H groups in total. The minimum atomic E-state index is -3.66. The summed E-state index contributed by atoms with van der Waals surface area (Å²) >= 11 is 0. The van der Waals surface area contributed by atoms with Crippen LogP contribution in [0.1, 0.15) is 15.9 Å². The van der Waals surface area contributed by atoms with E-state index in [9.17, 15) is 17.6 Å². The number of hydrogen-bond acceptors (Lipinski definition) is 5. The largest absolute Gasteiger partial charge is 0.455 e. The van der Waals surface area contributed by atoms with E-state index in [4.69, 9.17) is 4.42 Å². The summed E-state index contributed by atoms with van der Waals surface area (Å²) in [5.74, 6) is -0.286. The standard InChI is InChI=1S/C32H27FN4O4S/c1-19-5-7-20(8-6-19)31-30(32(38)34-2)25-16-24(27(17-29(25)41-31)36(3)42(4,39)40)21-9-14-26-28(15-21)37(18-35-26)23-12-10-22(33)11-13-23/h5-18H,1-4H3,(H,34,38). The van der Waals surface area contributed by atoms with Crippen molar-refractivity contribution in [1.82, 2.24) is 14.9 Å². The molecule has 212 valence electrons. The quantitative estimate of drug-likeness (QED) is 0.248. The van der Waals surface area contributed by atoms with Gasteiger partial charge in [0.15, 0.2) is 0 Å². The van der Waals surface area contributed by atoms with Crippen LogP contribution in [0.4, 0.5) is 10.1 Å². The topological polar surface area (TPSA) is 97.4 Å². The maximum atomic E-state index is 13.6. The highest BCUT2D eigenvalue weighted by Gasteiger charge is 2.26. The first kappa shape index (κ1) is 27.2. The Kier molecular flexibility index (Phi) is 6.58. The molecule has 0 fully saturated rings. The molecule has 0 unspecified atom stereocenters. The van der Waals surface area contributed by atoms with Gasteiger partial charge in [0.2, 0.25) is 10.0 Å². The molecule has 10 heteroatoms. The van der Waals surface area contributed by atoms with Gasteiger partial charge in [-0.05, 0) is 55.0 Å². The van der Waals surface area contributed by atoms with Crippen LogP contribution in [0, 0.1) is 12.7 Å². The van der Waals surface area contributed by atoms with Crippen LogP contribution in [0.25, 0.3) is 50.1 Å². The Morgan fingerprint density at radius 3 is 2.33 bits per heavy atom.